The molecular formula is C9H10BrN3O2. The lowest BCUT2D eigenvalue weighted by molar-refractivity contribution is -0.121. The molecule has 5 nitrogen and oxygen atoms in total. The number of aromatic nitrogens is 1. The van der Waals surface area contributed by atoms with E-state index in [-0.39, 0.29) is 23.1 Å². The van der Waals surface area contributed by atoms with Gasteiger partial charge in [-0.3, -0.25) is 9.59 Å². The van der Waals surface area contributed by atoms with Gasteiger partial charge in [0.2, 0.25) is 11.3 Å². The maximum Gasteiger partial charge on any atom is 0.243 e. The first kappa shape index (κ1) is 10.2. The average molecular weight is 272 g/mol. The Morgan fingerprint density at radius 1 is 1.47 bits per heavy atom. The lowest BCUT2D eigenvalue weighted by atomic mass is 10.2. The SMILES string of the molecule is Nc1cn(C2CCNC2=O)cc(Br)c1=O. The van der Waals surface area contributed by atoms with Crippen LogP contribution in [0.5, 0.6) is 0 Å². The zero-order valence-corrected chi connectivity index (χ0v) is 9.45. The van der Waals surface area contributed by atoms with Crippen LogP contribution < -0.4 is 16.5 Å². The van der Waals surface area contributed by atoms with Crippen molar-refractivity contribution in [2.24, 2.45) is 0 Å². The third-order valence-electron chi connectivity index (χ3n) is 2.41. The van der Waals surface area contributed by atoms with Crippen molar-refractivity contribution in [2.75, 3.05) is 12.3 Å². The molecule has 80 valence electrons. The second-order valence-corrected chi connectivity index (χ2v) is 4.29. The molecule has 1 fully saturated rings. The van der Waals surface area contributed by atoms with Crippen LogP contribution in [0.2, 0.25) is 0 Å². The minimum atomic E-state index is -0.260. The van der Waals surface area contributed by atoms with E-state index in [2.05, 4.69) is 21.2 Å². The highest BCUT2D eigenvalue weighted by atomic mass is 79.9. The van der Waals surface area contributed by atoms with Gasteiger partial charge in [0.05, 0.1) is 10.2 Å². The van der Waals surface area contributed by atoms with Crippen LogP contribution >= 0.6 is 15.9 Å². The number of carbonyl (C=O) groups is 1. The molecule has 2 rings (SSSR count). The highest BCUT2D eigenvalue weighted by Crippen LogP contribution is 2.18. The van der Waals surface area contributed by atoms with Crippen LogP contribution in [0.3, 0.4) is 0 Å². The van der Waals surface area contributed by atoms with Crippen LogP contribution in [0.25, 0.3) is 0 Å². The summed E-state index contributed by atoms with van der Waals surface area (Å²) in [5.74, 6) is -0.0371. The summed E-state index contributed by atoms with van der Waals surface area (Å²) in [4.78, 5) is 22.7. The number of pyridine rings is 1. The average Bonchev–Trinajstić information content (AvgIpc) is 2.60. The van der Waals surface area contributed by atoms with Crippen LogP contribution in [-0.2, 0) is 4.79 Å². The van der Waals surface area contributed by atoms with Gasteiger partial charge in [-0.15, -0.1) is 0 Å². The van der Waals surface area contributed by atoms with Gasteiger partial charge < -0.3 is 15.6 Å². The van der Waals surface area contributed by atoms with Crippen LogP contribution in [0.4, 0.5) is 5.69 Å². The maximum atomic E-state index is 11.4. The topological polar surface area (TPSA) is 77.1 Å². The van der Waals surface area contributed by atoms with Crippen molar-refractivity contribution in [3.05, 3.63) is 27.1 Å². The molecule has 0 aromatic carbocycles. The number of nitrogens with one attached hydrogen (secondary N) is 1. The summed E-state index contributed by atoms with van der Waals surface area (Å²) in [5.41, 5.74) is 5.44. The summed E-state index contributed by atoms with van der Waals surface area (Å²) in [5, 5.41) is 2.73. The molecule has 0 radical (unpaired) electrons. The minimum Gasteiger partial charge on any atom is -0.394 e. The lowest BCUT2D eigenvalue weighted by Crippen LogP contribution is -2.23. The van der Waals surface area contributed by atoms with Crippen molar-refractivity contribution < 1.29 is 4.79 Å². The van der Waals surface area contributed by atoms with Crippen molar-refractivity contribution in [3.8, 4) is 0 Å². The van der Waals surface area contributed by atoms with E-state index in [4.69, 9.17) is 5.73 Å². The van der Waals surface area contributed by atoms with E-state index in [1.54, 1.807) is 10.8 Å². The number of hydrogen-bond acceptors (Lipinski definition) is 3. The molecule has 1 aliphatic rings. The second kappa shape index (κ2) is 3.69. The van der Waals surface area contributed by atoms with E-state index in [1.165, 1.54) is 6.20 Å². The van der Waals surface area contributed by atoms with Gasteiger partial charge in [0.25, 0.3) is 0 Å². The largest absolute Gasteiger partial charge is 0.394 e. The zero-order valence-electron chi connectivity index (χ0n) is 7.87. The fourth-order valence-electron chi connectivity index (χ4n) is 1.63. The van der Waals surface area contributed by atoms with Crippen LogP contribution in [0, 0.1) is 0 Å². The fraction of sp³-hybridized carbons (Fsp3) is 0.333. The highest BCUT2D eigenvalue weighted by molar-refractivity contribution is 9.10. The molecule has 0 saturated carbocycles. The predicted molar refractivity (Wildman–Crippen MR) is 59.5 cm³/mol. The van der Waals surface area contributed by atoms with Crippen LogP contribution in [0.15, 0.2) is 21.7 Å². The number of nitrogen functional groups attached to an aromatic ring is 1. The molecule has 1 aliphatic heterocycles. The summed E-state index contributed by atoms with van der Waals surface area (Å²) in [6, 6.07) is -0.260. The first-order valence-electron chi connectivity index (χ1n) is 4.54. The van der Waals surface area contributed by atoms with Crippen molar-refractivity contribution in [2.45, 2.75) is 12.5 Å². The standard InChI is InChI=1S/C9H10BrN3O2/c10-5-3-13(4-6(11)8(5)14)7-1-2-12-9(7)15/h3-4,7H,1-2,11H2,(H,12,15). The predicted octanol–water partition coefficient (Wildman–Crippen LogP) is 0.254. The molecule has 0 aliphatic carbocycles. The Morgan fingerprint density at radius 2 is 2.20 bits per heavy atom. The Balaban J connectivity index is 2.45. The van der Waals surface area contributed by atoms with Gasteiger partial charge in [0.15, 0.2) is 0 Å². The summed E-state index contributed by atoms with van der Waals surface area (Å²) in [6.45, 7) is 0.660. The van der Waals surface area contributed by atoms with E-state index in [0.29, 0.717) is 17.4 Å². The molecule has 6 heteroatoms. The number of nitrogens with zero attached hydrogens (tertiary/aromatic N) is 1. The molecule has 1 amide bonds. The van der Waals surface area contributed by atoms with E-state index < -0.39 is 0 Å². The minimum absolute atomic E-state index is 0.0371. The number of hydrogen-bond donors (Lipinski definition) is 2. The molecular weight excluding hydrogens is 262 g/mol. The van der Waals surface area contributed by atoms with Gasteiger partial charge in [0.1, 0.15) is 6.04 Å². The lowest BCUT2D eigenvalue weighted by Gasteiger charge is -2.12. The molecule has 2 heterocycles. The summed E-state index contributed by atoms with van der Waals surface area (Å²) in [7, 11) is 0. The van der Waals surface area contributed by atoms with Crippen molar-refractivity contribution >= 4 is 27.5 Å². The number of nitrogens with two attached hydrogens (primary N) is 1. The summed E-state index contributed by atoms with van der Waals surface area (Å²) >= 11 is 3.12. The van der Waals surface area contributed by atoms with E-state index >= 15 is 0 Å². The van der Waals surface area contributed by atoms with Gasteiger partial charge in [0, 0.05) is 18.9 Å². The highest BCUT2D eigenvalue weighted by Gasteiger charge is 2.25. The van der Waals surface area contributed by atoms with Crippen LogP contribution in [0.1, 0.15) is 12.5 Å². The number of amides is 1. The molecule has 0 spiro atoms. The first-order valence-corrected chi connectivity index (χ1v) is 5.33. The molecule has 1 aromatic rings. The summed E-state index contributed by atoms with van der Waals surface area (Å²) < 4.78 is 2.05. The molecule has 1 atom stereocenters. The first-order chi connectivity index (χ1) is 7.09. The second-order valence-electron chi connectivity index (χ2n) is 3.43. The molecule has 15 heavy (non-hydrogen) atoms. The number of carbonyl (C=O) groups excluding carboxylic acids is 1. The molecule has 3 N–H and O–H groups in total. The molecule has 1 unspecified atom stereocenters. The third-order valence-corrected chi connectivity index (χ3v) is 2.97. The van der Waals surface area contributed by atoms with Crippen molar-refractivity contribution in [1.82, 2.24) is 9.88 Å². The van der Waals surface area contributed by atoms with Gasteiger partial charge in [-0.25, -0.2) is 0 Å². The van der Waals surface area contributed by atoms with E-state index in [1.807, 2.05) is 0 Å². The fourth-order valence-corrected chi connectivity index (χ4v) is 2.09. The van der Waals surface area contributed by atoms with E-state index in [0.717, 1.165) is 0 Å². The quantitative estimate of drug-likeness (QED) is 0.769. The van der Waals surface area contributed by atoms with Gasteiger partial charge >= 0.3 is 0 Å². The third kappa shape index (κ3) is 1.77. The van der Waals surface area contributed by atoms with Gasteiger partial charge in [-0.1, -0.05) is 0 Å². The Kier molecular flexibility index (Phi) is 2.52. The van der Waals surface area contributed by atoms with E-state index in [9.17, 15) is 9.59 Å². The number of rotatable bonds is 1. The van der Waals surface area contributed by atoms with Crippen molar-refractivity contribution in [1.29, 1.82) is 0 Å². The normalized spacial score (nSPS) is 20.3. The molecule has 1 saturated heterocycles. The monoisotopic (exact) mass is 271 g/mol. The number of anilines is 1. The Morgan fingerprint density at radius 3 is 2.73 bits per heavy atom. The van der Waals surface area contributed by atoms with Crippen molar-refractivity contribution in [3.63, 3.8) is 0 Å². The smallest absolute Gasteiger partial charge is 0.243 e. The Hall–Kier alpha value is -1.30. The zero-order chi connectivity index (χ0) is 11.0. The number of halogens is 1. The Labute approximate surface area is 94.4 Å². The molecule has 1 aromatic heterocycles. The maximum absolute atomic E-state index is 11.4. The Bertz CT molecular complexity index is 443. The van der Waals surface area contributed by atoms with Gasteiger partial charge in [-0.05, 0) is 22.4 Å². The van der Waals surface area contributed by atoms with Gasteiger partial charge in [-0.2, -0.15) is 0 Å². The van der Waals surface area contributed by atoms with Crippen LogP contribution in [-0.4, -0.2) is 17.0 Å². The molecule has 0 bridgehead atoms. The summed E-state index contributed by atoms with van der Waals surface area (Å²) in [6.07, 6.45) is 3.81.